The van der Waals surface area contributed by atoms with E-state index in [1.165, 1.54) is 0 Å². The number of rotatable bonds is 4. The molecule has 124 valence electrons. The summed E-state index contributed by atoms with van der Waals surface area (Å²) in [6.45, 7) is 8.21. The normalized spacial score (nSPS) is 16.3. The Morgan fingerprint density at radius 3 is 2.36 bits per heavy atom. The molecule has 22 heavy (non-hydrogen) atoms. The number of benzene rings is 1. The molecule has 0 unspecified atom stereocenters. The Labute approximate surface area is 144 Å². The van der Waals surface area contributed by atoms with Crippen molar-refractivity contribution < 1.29 is 4.79 Å². The molecule has 4 nitrogen and oxygen atoms in total. The summed E-state index contributed by atoms with van der Waals surface area (Å²) >= 11 is 6.11. The van der Waals surface area contributed by atoms with Gasteiger partial charge in [0.15, 0.2) is 0 Å². The van der Waals surface area contributed by atoms with E-state index in [9.17, 15) is 4.79 Å². The minimum absolute atomic E-state index is 0. The second kappa shape index (κ2) is 8.16. The van der Waals surface area contributed by atoms with Gasteiger partial charge in [0.25, 0.3) is 0 Å². The van der Waals surface area contributed by atoms with E-state index in [0.717, 1.165) is 38.3 Å². The maximum Gasteiger partial charge on any atom is 0.227 e. The summed E-state index contributed by atoms with van der Waals surface area (Å²) in [5.74, 6) is 0.148. The first-order valence-electron chi connectivity index (χ1n) is 7.37. The zero-order valence-electron chi connectivity index (χ0n) is 13.2. The van der Waals surface area contributed by atoms with E-state index in [1.807, 2.05) is 43.0 Å². The van der Waals surface area contributed by atoms with E-state index in [-0.39, 0.29) is 23.9 Å². The van der Waals surface area contributed by atoms with E-state index in [0.29, 0.717) is 11.4 Å². The van der Waals surface area contributed by atoms with E-state index in [1.54, 1.807) is 0 Å². The third-order valence-corrected chi connectivity index (χ3v) is 4.02. The summed E-state index contributed by atoms with van der Waals surface area (Å²) < 4.78 is 0. The molecule has 0 aliphatic carbocycles. The number of hydrogen-bond acceptors (Lipinski definition) is 3. The number of nitrogens with zero attached hydrogens (tertiary/aromatic N) is 2. The van der Waals surface area contributed by atoms with Crippen LogP contribution in [0.1, 0.15) is 19.4 Å². The van der Waals surface area contributed by atoms with Crippen molar-refractivity contribution in [2.24, 2.45) is 5.73 Å². The second-order valence-corrected chi connectivity index (χ2v) is 6.82. The molecule has 1 saturated heterocycles. The maximum absolute atomic E-state index is 12.3. The molecule has 0 saturated carbocycles. The van der Waals surface area contributed by atoms with Crippen LogP contribution in [0.5, 0.6) is 0 Å². The lowest BCUT2D eigenvalue weighted by atomic mass is 10.1. The van der Waals surface area contributed by atoms with Crippen molar-refractivity contribution >= 4 is 29.9 Å². The van der Waals surface area contributed by atoms with Gasteiger partial charge in [-0.1, -0.05) is 29.8 Å². The Bertz CT molecular complexity index is 494. The van der Waals surface area contributed by atoms with Crippen LogP contribution >= 0.6 is 24.0 Å². The van der Waals surface area contributed by atoms with Crippen LogP contribution in [-0.4, -0.2) is 54.0 Å². The van der Waals surface area contributed by atoms with Crippen molar-refractivity contribution in [3.63, 3.8) is 0 Å². The van der Waals surface area contributed by atoms with Crippen LogP contribution in [0, 0.1) is 0 Å². The molecule has 1 fully saturated rings. The van der Waals surface area contributed by atoms with Crippen LogP contribution in [0.4, 0.5) is 0 Å². The van der Waals surface area contributed by atoms with Gasteiger partial charge in [0.05, 0.1) is 6.42 Å². The average molecular weight is 346 g/mol. The first-order chi connectivity index (χ1) is 9.85. The summed E-state index contributed by atoms with van der Waals surface area (Å²) in [6.07, 6.45) is 0.377. The quantitative estimate of drug-likeness (QED) is 0.909. The van der Waals surface area contributed by atoms with Crippen molar-refractivity contribution in [1.29, 1.82) is 0 Å². The van der Waals surface area contributed by atoms with Gasteiger partial charge >= 0.3 is 0 Å². The number of nitrogens with two attached hydrogens (primary N) is 1. The standard InChI is InChI=1S/C16H24ClN3O.ClH/c1-16(2,18)12-19-7-9-20(10-8-19)15(21)11-13-5-3-4-6-14(13)17;/h3-6H,7-12,18H2,1-2H3;1H. The average Bonchev–Trinajstić information content (AvgIpc) is 2.40. The first kappa shape index (κ1) is 19.2. The van der Waals surface area contributed by atoms with Crippen molar-refractivity contribution in [3.8, 4) is 0 Å². The Morgan fingerprint density at radius 2 is 1.82 bits per heavy atom. The lowest BCUT2D eigenvalue weighted by molar-refractivity contribution is -0.132. The van der Waals surface area contributed by atoms with Gasteiger partial charge < -0.3 is 10.6 Å². The molecule has 0 bridgehead atoms. The van der Waals surface area contributed by atoms with E-state index < -0.39 is 0 Å². The van der Waals surface area contributed by atoms with Crippen molar-refractivity contribution in [1.82, 2.24) is 9.80 Å². The molecule has 1 aliphatic heterocycles. The van der Waals surface area contributed by atoms with Crippen molar-refractivity contribution in [2.45, 2.75) is 25.8 Å². The molecule has 2 N–H and O–H groups in total. The third-order valence-electron chi connectivity index (χ3n) is 3.66. The number of piperazine rings is 1. The lowest BCUT2D eigenvalue weighted by Gasteiger charge is -2.37. The van der Waals surface area contributed by atoms with Gasteiger partial charge in [0.2, 0.25) is 5.91 Å². The monoisotopic (exact) mass is 345 g/mol. The number of carbonyl (C=O) groups excluding carboxylic acids is 1. The predicted octanol–water partition coefficient (Wildman–Crippen LogP) is 2.19. The molecule has 0 radical (unpaired) electrons. The van der Waals surface area contributed by atoms with Crippen LogP contribution in [0.25, 0.3) is 0 Å². The van der Waals surface area contributed by atoms with Crippen LogP contribution in [-0.2, 0) is 11.2 Å². The molecule has 1 amide bonds. The Morgan fingerprint density at radius 1 is 1.23 bits per heavy atom. The van der Waals surface area contributed by atoms with Gasteiger partial charge in [-0.2, -0.15) is 0 Å². The highest BCUT2D eigenvalue weighted by Crippen LogP contribution is 2.17. The first-order valence-corrected chi connectivity index (χ1v) is 7.75. The zero-order valence-corrected chi connectivity index (χ0v) is 14.8. The fourth-order valence-corrected chi connectivity index (χ4v) is 2.85. The second-order valence-electron chi connectivity index (χ2n) is 6.41. The van der Waals surface area contributed by atoms with Gasteiger partial charge in [-0.15, -0.1) is 12.4 Å². The molecule has 1 aromatic rings. The summed E-state index contributed by atoms with van der Waals surface area (Å²) in [5.41, 5.74) is 6.75. The lowest BCUT2D eigenvalue weighted by Crippen LogP contribution is -2.54. The molecule has 0 atom stereocenters. The Balaban J connectivity index is 0.00000242. The van der Waals surface area contributed by atoms with Crippen molar-refractivity contribution in [2.75, 3.05) is 32.7 Å². The number of amides is 1. The molecule has 1 heterocycles. The summed E-state index contributed by atoms with van der Waals surface area (Å²) in [4.78, 5) is 16.6. The highest BCUT2D eigenvalue weighted by atomic mass is 35.5. The topological polar surface area (TPSA) is 49.6 Å². The molecule has 1 aliphatic rings. The Kier molecular flexibility index (Phi) is 7.13. The summed E-state index contributed by atoms with van der Waals surface area (Å²) in [5, 5.41) is 0.661. The summed E-state index contributed by atoms with van der Waals surface area (Å²) in [6, 6.07) is 7.53. The molecule has 1 aromatic carbocycles. The fraction of sp³-hybridized carbons (Fsp3) is 0.562. The van der Waals surface area contributed by atoms with Gasteiger partial charge in [-0.05, 0) is 25.5 Å². The molecule has 0 spiro atoms. The SMILES string of the molecule is CC(C)(N)CN1CCN(C(=O)Cc2ccccc2Cl)CC1.Cl. The molecule has 6 heteroatoms. The van der Waals surface area contributed by atoms with Gasteiger partial charge in [0, 0.05) is 43.3 Å². The van der Waals surface area contributed by atoms with Crippen LogP contribution in [0.2, 0.25) is 5.02 Å². The molecular weight excluding hydrogens is 321 g/mol. The number of halogens is 2. The number of hydrogen-bond donors (Lipinski definition) is 1. The minimum Gasteiger partial charge on any atom is -0.340 e. The zero-order chi connectivity index (χ0) is 15.5. The predicted molar refractivity (Wildman–Crippen MR) is 93.7 cm³/mol. The van der Waals surface area contributed by atoms with Crippen molar-refractivity contribution in [3.05, 3.63) is 34.9 Å². The van der Waals surface area contributed by atoms with Crippen LogP contribution < -0.4 is 5.73 Å². The summed E-state index contributed by atoms with van der Waals surface area (Å²) in [7, 11) is 0. The molecule has 2 rings (SSSR count). The number of carbonyl (C=O) groups is 1. The molecular formula is C16H25Cl2N3O. The third kappa shape index (κ3) is 5.76. The van der Waals surface area contributed by atoms with Gasteiger partial charge in [-0.25, -0.2) is 0 Å². The highest BCUT2D eigenvalue weighted by Gasteiger charge is 2.24. The smallest absolute Gasteiger partial charge is 0.227 e. The largest absolute Gasteiger partial charge is 0.340 e. The van der Waals surface area contributed by atoms with Crippen LogP contribution in [0.15, 0.2) is 24.3 Å². The van der Waals surface area contributed by atoms with Gasteiger partial charge in [0.1, 0.15) is 0 Å². The minimum atomic E-state index is -0.191. The maximum atomic E-state index is 12.3. The Hall–Kier alpha value is -0.810. The van der Waals surface area contributed by atoms with E-state index >= 15 is 0 Å². The van der Waals surface area contributed by atoms with E-state index in [2.05, 4.69) is 4.90 Å². The molecule has 0 aromatic heterocycles. The van der Waals surface area contributed by atoms with Crippen LogP contribution in [0.3, 0.4) is 0 Å². The van der Waals surface area contributed by atoms with E-state index in [4.69, 9.17) is 17.3 Å². The fourth-order valence-electron chi connectivity index (χ4n) is 2.65. The van der Waals surface area contributed by atoms with Gasteiger partial charge in [-0.3, -0.25) is 9.69 Å². The highest BCUT2D eigenvalue weighted by molar-refractivity contribution is 6.31.